The fraction of sp³-hybridized carbons (Fsp3) is 0.100. The van der Waals surface area contributed by atoms with Gasteiger partial charge in [0.25, 0.3) is 0 Å². The Hall–Kier alpha value is -1.31. The van der Waals surface area contributed by atoms with Crippen LogP contribution in [0.5, 0.6) is 0 Å². The summed E-state index contributed by atoms with van der Waals surface area (Å²) in [5.74, 6) is 0. The van der Waals surface area contributed by atoms with E-state index in [1.165, 1.54) is 16.2 Å². The molecule has 0 fully saturated rings. The molecular weight excluding hydrogens is 212 g/mol. The largest absolute Gasteiger partial charge is 0.379 e. The molecule has 1 N–H and O–H groups in total. The summed E-state index contributed by atoms with van der Waals surface area (Å²) in [5, 5.41) is 16.0. The van der Waals surface area contributed by atoms with Crippen LogP contribution in [0.2, 0.25) is 0 Å². The van der Waals surface area contributed by atoms with Crippen LogP contribution < -0.4 is 5.32 Å². The molecule has 0 spiro atoms. The normalized spacial score (nSPS) is 9.64. The third kappa shape index (κ3) is 2.13. The van der Waals surface area contributed by atoms with Gasteiger partial charge in [0.1, 0.15) is 10.9 Å². The molecule has 2 aromatic heterocycles. The monoisotopic (exact) mass is 220 g/mol. The summed E-state index contributed by atoms with van der Waals surface area (Å²) in [6.07, 6.45) is 0. The van der Waals surface area contributed by atoms with Gasteiger partial charge in [-0.15, -0.1) is 11.3 Å². The summed E-state index contributed by atoms with van der Waals surface area (Å²) >= 11 is 3.21. The van der Waals surface area contributed by atoms with E-state index < -0.39 is 0 Å². The third-order valence-corrected chi connectivity index (χ3v) is 3.43. The van der Waals surface area contributed by atoms with E-state index in [1.807, 2.05) is 23.6 Å². The molecule has 2 nitrogen and oxygen atoms in total. The minimum atomic E-state index is 0.770. The fourth-order valence-corrected chi connectivity index (χ4v) is 2.44. The van der Waals surface area contributed by atoms with Crippen molar-refractivity contribution in [3.05, 3.63) is 38.7 Å². The van der Waals surface area contributed by atoms with Gasteiger partial charge in [-0.3, -0.25) is 0 Å². The van der Waals surface area contributed by atoms with Crippen LogP contribution in [0.15, 0.2) is 29.0 Å². The van der Waals surface area contributed by atoms with E-state index in [4.69, 9.17) is 5.26 Å². The fourth-order valence-electron chi connectivity index (χ4n) is 1.09. The first-order valence-corrected chi connectivity index (χ1v) is 5.89. The van der Waals surface area contributed by atoms with Crippen LogP contribution >= 0.6 is 22.7 Å². The van der Waals surface area contributed by atoms with E-state index in [1.54, 1.807) is 11.3 Å². The maximum absolute atomic E-state index is 8.64. The molecule has 0 aliphatic rings. The van der Waals surface area contributed by atoms with Crippen molar-refractivity contribution in [3.63, 3.8) is 0 Å². The van der Waals surface area contributed by atoms with Crippen molar-refractivity contribution >= 4 is 28.4 Å². The van der Waals surface area contributed by atoms with Gasteiger partial charge in [0.2, 0.25) is 0 Å². The van der Waals surface area contributed by atoms with E-state index in [-0.39, 0.29) is 0 Å². The summed E-state index contributed by atoms with van der Waals surface area (Å²) in [4.78, 5) is 1.96. The Morgan fingerprint density at radius 1 is 1.36 bits per heavy atom. The van der Waals surface area contributed by atoms with E-state index in [0.29, 0.717) is 0 Å². The zero-order valence-corrected chi connectivity index (χ0v) is 8.99. The SMILES string of the molecule is N#Cc1ccc(CNc2ccsc2)s1. The standard InChI is InChI=1S/C10H8N2S2/c11-5-9-1-2-10(14-9)6-12-8-3-4-13-7-8/h1-4,7,12H,6H2. The molecule has 2 rings (SSSR count). The van der Waals surface area contributed by atoms with Gasteiger partial charge in [-0.2, -0.15) is 16.6 Å². The van der Waals surface area contributed by atoms with Crippen LogP contribution in [0.1, 0.15) is 9.75 Å². The second kappa shape index (κ2) is 4.27. The Morgan fingerprint density at radius 2 is 2.29 bits per heavy atom. The first kappa shape index (κ1) is 9.25. The van der Waals surface area contributed by atoms with Crippen molar-refractivity contribution < 1.29 is 0 Å². The number of nitriles is 1. The topological polar surface area (TPSA) is 35.8 Å². The first-order valence-electron chi connectivity index (χ1n) is 4.13. The van der Waals surface area contributed by atoms with Crippen LogP contribution in [-0.4, -0.2) is 0 Å². The molecule has 0 saturated heterocycles. The average molecular weight is 220 g/mol. The number of thiophene rings is 2. The Balaban J connectivity index is 1.96. The lowest BCUT2D eigenvalue weighted by molar-refractivity contribution is 1.20. The number of nitrogens with zero attached hydrogens (tertiary/aromatic N) is 1. The molecule has 4 heteroatoms. The number of hydrogen-bond acceptors (Lipinski definition) is 4. The molecule has 0 radical (unpaired) electrons. The lowest BCUT2D eigenvalue weighted by Crippen LogP contribution is -1.94. The van der Waals surface area contributed by atoms with Crippen LogP contribution in [0.3, 0.4) is 0 Å². The molecule has 0 bridgehead atoms. The van der Waals surface area contributed by atoms with Gasteiger partial charge >= 0.3 is 0 Å². The summed E-state index contributed by atoms with van der Waals surface area (Å²) in [6, 6.07) is 8.02. The summed E-state index contributed by atoms with van der Waals surface area (Å²) in [5.41, 5.74) is 1.14. The highest BCUT2D eigenvalue weighted by atomic mass is 32.1. The second-order valence-electron chi connectivity index (χ2n) is 2.74. The Labute approximate surface area is 90.4 Å². The van der Waals surface area contributed by atoms with Crippen LogP contribution in [0.4, 0.5) is 5.69 Å². The minimum Gasteiger partial charge on any atom is -0.379 e. The van der Waals surface area contributed by atoms with Gasteiger partial charge in [-0.25, -0.2) is 0 Å². The van der Waals surface area contributed by atoms with E-state index in [2.05, 4.69) is 16.8 Å². The van der Waals surface area contributed by atoms with Crippen molar-refractivity contribution in [1.82, 2.24) is 0 Å². The van der Waals surface area contributed by atoms with Crippen molar-refractivity contribution in [2.24, 2.45) is 0 Å². The summed E-state index contributed by atoms with van der Waals surface area (Å²) in [6.45, 7) is 0.795. The molecule has 0 aliphatic heterocycles. The number of anilines is 1. The molecule has 0 aliphatic carbocycles. The number of hydrogen-bond donors (Lipinski definition) is 1. The van der Waals surface area contributed by atoms with Crippen LogP contribution in [0.25, 0.3) is 0 Å². The summed E-state index contributed by atoms with van der Waals surface area (Å²) in [7, 11) is 0. The van der Waals surface area contributed by atoms with Gasteiger partial charge in [-0.05, 0) is 23.6 Å². The highest BCUT2D eigenvalue weighted by molar-refractivity contribution is 7.12. The van der Waals surface area contributed by atoms with Gasteiger partial charge in [0, 0.05) is 22.5 Å². The smallest absolute Gasteiger partial charge is 0.110 e. The highest BCUT2D eigenvalue weighted by Gasteiger charge is 1.98. The zero-order chi connectivity index (χ0) is 9.80. The molecule has 0 aromatic carbocycles. The molecule has 0 saturated carbocycles. The molecule has 0 atom stereocenters. The number of nitrogens with one attached hydrogen (secondary N) is 1. The molecule has 14 heavy (non-hydrogen) atoms. The van der Waals surface area contributed by atoms with Crippen molar-refractivity contribution in [3.8, 4) is 6.07 Å². The third-order valence-electron chi connectivity index (χ3n) is 1.76. The molecule has 70 valence electrons. The van der Waals surface area contributed by atoms with Gasteiger partial charge in [-0.1, -0.05) is 0 Å². The molecule has 0 amide bonds. The van der Waals surface area contributed by atoms with Crippen LogP contribution in [-0.2, 0) is 6.54 Å². The van der Waals surface area contributed by atoms with Crippen molar-refractivity contribution in [2.45, 2.75) is 6.54 Å². The Morgan fingerprint density at radius 3 is 2.93 bits per heavy atom. The predicted molar refractivity (Wildman–Crippen MR) is 60.7 cm³/mol. The first-order chi connectivity index (χ1) is 6.88. The number of rotatable bonds is 3. The maximum Gasteiger partial charge on any atom is 0.110 e. The van der Waals surface area contributed by atoms with Gasteiger partial charge < -0.3 is 5.32 Å². The van der Waals surface area contributed by atoms with E-state index in [9.17, 15) is 0 Å². The Bertz CT molecular complexity index is 437. The van der Waals surface area contributed by atoms with Gasteiger partial charge in [0.05, 0.1) is 0 Å². The lowest BCUT2D eigenvalue weighted by atomic mass is 10.4. The second-order valence-corrected chi connectivity index (χ2v) is 4.69. The molecular formula is C10H8N2S2. The van der Waals surface area contributed by atoms with Crippen LogP contribution in [0, 0.1) is 11.3 Å². The lowest BCUT2D eigenvalue weighted by Gasteiger charge is -1.99. The van der Waals surface area contributed by atoms with E-state index >= 15 is 0 Å². The zero-order valence-electron chi connectivity index (χ0n) is 7.36. The Kier molecular flexibility index (Phi) is 2.82. The molecule has 0 unspecified atom stereocenters. The highest BCUT2D eigenvalue weighted by Crippen LogP contribution is 2.18. The van der Waals surface area contributed by atoms with E-state index in [0.717, 1.165) is 17.1 Å². The predicted octanol–water partition coefficient (Wildman–Crippen LogP) is 3.29. The van der Waals surface area contributed by atoms with Gasteiger partial charge in [0.15, 0.2) is 0 Å². The maximum atomic E-state index is 8.64. The molecule has 2 heterocycles. The minimum absolute atomic E-state index is 0.770. The van der Waals surface area contributed by atoms with Crippen molar-refractivity contribution in [1.29, 1.82) is 5.26 Å². The van der Waals surface area contributed by atoms with Crippen molar-refractivity contribution in [2.75, 3.05) is 5.32 Å². The summed E-state index contributed by atoms with van der Waals surface area (Å²) < 4.78 is 0. The average Bonchev–Trinajstić information content (AvgIpc) is 2.86. The molecule has 2 aromatic rings. The quantitative estimate of drug-likeness (QED) is 0.861.